The largest absolute Gasteiger partial charge is 0.441 e. The number of urea groups is 1. The van der Waals surface area contributed by atoms with E-state index in [9.17, 15) is 9.59 Å². The highest BCUT2D eigenvalue weighted by atomic mass is 16.3. The third-order valence-electron chi connectivity index (χ3n) is 4.32. The smallest absolute Gasteiger partial charge is 0.317 e. The average molecular weight is 358 g/mol. The lowest BCUT2D eigenvalue weighted by Gasteiger charge is -2.36. The van der Waals surface area contributed by atoms with Gasteiger partial charge in [-0.25, -0.2) is 9.78 Å². The minimum absolute atomic E-state index is 0.0699. The van der Waals surface area contributed by atoms with Gasteiger partial charge in [0, 0.05) is 38.6 Å². The molecular formula is C19H26N4O3. The van der Waals surface area contributed by atoms with Gasteiger partial charge in [-0.1, -0.05) is 6.07 Å². The molecule has 1 aliphatic heterocycles. The van der Waals surface area contributed by atoms with Crippen LogP contribution in [0.1, 0.15) is 32.2 Å². The van der Waals surface area contributed by atoms with Gasteiger partial charge in [0.25, 0.3) is 0 Å². The van der Waals surface area contributed by atoms with Gasteiger partial charge in [0.15, 0.2) is 11.5 Å². The molecule has 1 aliphatic rings. The maximum atomic E-state index is 12.6. The molecule has 0 atom stereocenters. The van der Waals surface area contributed by atoms with E-state index in [1.807, 2.05) is 43.9 Å². The fourth-order valence-corrected chi connectivity index (χ4v) is 3.04. The summed E-state index contributed by atoms with van der Waals surface area (Å²) >= 11 is 0. The fourth-order valence-electron chi connectivity index (χ4n) is 3.04. The number of piperazine rings is 1. The third-order valence-corrected chi connectivity index (χ3v) is 4.32. The summed E-state index contributed by atoms with van der Waals surface area (Å²) in [5.74, 6) is 0.688. The number of benzene rings is 1. The summed E-state index contributed by atoms with van der Waals surface area (Å²) in [6.45, 7) is 9.89. The molecule has 26 heavy (non-hydrogen) atoms. The number of nitrogens with zero attached hydrogens (tertiary/aromatic N) is 3. The van der Waals surface area contributed by atoms with Crippen LogP contribution >= 0.6 is 0 Å². The highest BCUT2D eigenvalue weighted by Gasteiger charge is 2.26. The van der Waals surface area contributed by atoms with Gasteiger partial charge < -0.3 is 19.5 Å². The first-order valence-electron chi connectivity index (χ1n) is 8.92. The Kier molecular flexibility index (Phi) is 4.89. The predicted octanol–water partition coefficient (Wildman–Crippen LogP) is 2.33. The van der Waals surface area contributed by atoms with Crippen LogP contribution in [0.2, 0.25) is 0 Å². The molecule has 0 saturated carbocycles. The van der Waals surface area contributed by atoms with Crippen molar-refractivity contribution in [3.05, 3.63) is 29.7 Å². The van der Waals surface area contributed by atoms with Crippen LogP contribution in [0.25, 0.3) is 11.1 Å². The lowest BCUT2D eigenvalue weighted by atomic mass is 10.1. The molecule has 140 valence electrons. The zero-order valence-corrected chi connectivity index (χ0v) is 15.8. The molecule has 1 saturated heterocycles. The van der Waals surface area contributed by atoms with Crippen molar-refractivity contribution in [3.63, 3.8) is 0 Å². The SMILES string of the molecule is Cc1nc2cc(CC(=O)N3CCN(C(=O)NC(C)(C)C)CC3)ccc2o1. The second kappa shape index (κ2) is 6.97. The van der Waals surface area contributed by atoms with E-state index in [-0.39, 0.29) is 17.5 Å². The molecule has 0 spiro atoms. The van der Waals surface area contributed by atoms with Gasteiger partial charge in [-0.15, -0.1) is 0 Å². The van der Waals surface area contributed by atoms with Gasteiger partial charge in [0.2, 0.25) is 5.91 Å². The second-order valence-electron chi connectivity index (χ2n) is 7.76. The van der Waals surface area contributed by atoms with E-state index in [0.29, 0.717) is 38.5 Å². The van der Waals surface area contributed by atoms with Gasteiger partial charge in [0.05, 0.1) is 6.42 Å². The fraction of sp³-hybridized carbons (Fsp3) is 0.526. The number of carbonyl (C=O) groups is 2. The first-order chi connectivity index (χ1) is 12.2. The number of hydrogen-bond acceptors (Lipinski definition) is 4. The quantitative estimate of drug-likeness (QED) is 0.894. The number of hydrogen-bond donors (Lipinski definition) is 1. The Bertz CT molecular complexity index is 814. The van der Waals surface area contributed by atoms with Crippen LogP contribution in [0.5, 0.6) is 0 Å². The number of oxazole rings is 1. The Labute approximate surface area is 153 Å². The summed E-state index contributed by atoms with van der Waals surface area (Å²) in [6, 6.07) is 5.58. The van der Waals surface area contributed by atoms with Crippen molar-refractivity contribution in [2.45, 2.75) is 39.7 Å². The van der Waals surface area contributed by atoms with Crippen molar-refractivity contribution < 1.29 is 14.0 Å². The first kappa shape index (κ1) is 18.2. The van der Waals surface area contributed by atoms with E-state index in [4.69, 9.17) is 4.42 Å². The van der Waals surface area contributed by atoms with E-state index >= 15 is 0 Å². The molecule has 3 amide bonds. The van der Waals surface area contributed by atoms with E-state index in [1.54, 1.807) is 11.8 Å². The van der Waals surface area contributed by atoms with Crippen LogP contribution in [0.15, 0.2) is 22.6 Å². The number of rotatable bonds is 2. The van der Waals surface area contributed by atoms with Crippen LogP contribution in [-0.2, 0) is 11.2 Å². The molecule has 2 aromatic rings. The van der Waals surface area contributed by atoms with Crippen LogP contribution < -0.4 is 5.32 Å². The van der Waals surface area contributed by atoms with Crippen molar-refractivity contribution >= 4 is 23.0 Å². The molecular weight excluding hydrogens is 332 g/mol. The lowest BCUT2D eigenvalue weighted by Crippen LogP contribution is -2.56. The van der Waals surface area contributed by atoms with Crippen LogP contribution in [0.3, 0.4) is 0 Å². The Balaban J connectivity index is 1.55. The summed E-state index contributed by atoms with van der Waals surface area (Å²) in [4.78, 5) is 32.7. The number of fused-ring (bicyclic) bond motifs is 1. The molecule has 0 aliphatic carbocycles. The lowest BCUT2D eigenvalue weighted by molar-refractivity contribution is -0.131. The second-order valence-corrected chi connectivity index (χ2v) is 7.76. The van der Waals surface area contributed by atoms with E-state index in [2.05, 4.69) is 10.3 Å². The monoisotopic (exact) mass is 358 g/mol. The van der Waals surface area contributed by atoms with Crippen molar-refractivity contribution in [1.29, 1.82) is 0 Å². The molecule has 0 unspecified atom stereocenters. The Morgan fingerprint density at radius 3 is 2.46 bits per heavy atom. The Hall–Kier alpha value is -2.57. The Morgan fingerprint density at radius 2 is 1.81 bits per heavy atom. The topological polar surface area (TPSA) is 78.7 Å². The van der Waals surface area contributed by atoms with Crippen LogP contribution in [0, 0.1) is 6.92 Å². The van der Waals surface area contributed by atoms with Crippen molar-refractivity contribution in [1.82, 2.24) is 20.1 Å². The summed E-state index contributed by atoms with van der Waals surface area (Å²) in [7, 11) is 0. The van der Waals surface area contributed by atoms with Crippen molar-refractivity contribution in [2.24, 2.45) is 0 Å². The highest BCUT2D eigenvalue weighted by molar-refractivity contribution is 5.81. The summed E-state index contributed by atoms with van der Waals surface area (Å²) in [6.07, 6.45) is 0.329. The number of aryl methyl sites for hydroxylation is 1. The van der Waals surface area contributed by atoms with Gasteiger partial charge in [-0.05, 0) is 38.5 Å². The van der Waals surface area contributed by atoms with Gasteiger partial charge in [-0.3, -0.25) is 4.79 Å². The molecule has 2 heterocycles. The molecule has 0 bridgehead atoms. The molecule has 1 fully saturated rings. The minimum atomic E-state index is -0.262. The van der Waals surface area contributed by atoms with E-state index in [0.717, 1.165) is 16.7 Å². The zero-order valence-electron chi connectivity index (χ0n) is 15.8. The first-order valence-corrected chi connectivity index (χ1v) is 8.92. The molecule has 1 N–H and O–H groups in total. The summed E-state index contributed by atoms with van der Waals surface area (Å²) in [5, 5.41) is 2.96. The Morgan fingerprint density at radius 1 is 1.15 bits per heavy atom. The summed E-state index contributed by atoms with van der Waals surface area (Å²) in [5.41, 5.74) is 2.17. The van der Waals surface area contributed by atoms with Crippen molar-refractivity contribution in [2.75, 3.05) is 26.2 Å². The maximum Gasteiger partial charge on any atom is 0.317 e. The molecule has 1 aromatic heterocycles. The zero-order chi connectivity index (χ0) is 18.9. The van der Waals surface area contributed by atoms with Gasteiger partial charge >= 0.3 is 6.03 Å². The van der Waals surface area contributed by atoms with E-state index in [1.165, 1.54) is 0 Å². The van der Waals surface area contributed by atoms with E-state index < -0.39 is 0 Å². The third kappa shape index (κ3) is 4.33. The van der Waals surface area contributed by atoms with Crippen molar-refractivity contribution in [3.8, 4) is 0 Å². The van der Waals surface area contributed by atoms with Gasteiger partial charge in [-0.2, -0.15) is 0 Å². The summed E-state index contributed by atoms with van der Waals surface area (Å²) < 4.78 is 5.46. The van der Waals surface area contributed by atoms with Gasteiger partial charge in [0.1, 0.15) is 5.52 Å². The highest BCUT2D eigenvalue weighted by Crippen LogP contribution is 2.18. The molecule has 7 heteroatoms. The normalized spacial score (nSPS) is 15.4. The molecule has 3 rings (SSSR count). The average Bonchev–Trinajstić information content (AvgIpc) is 2.92. The van der Waals surface area contributed by atoms with Crippen LogP contribution in [0.4, 0.5) is 4.79 Å². The maximum absolute atomic E-state index is 12.6. The number of aromatic nitrogens is 1. The molecule has 0 radical (unpaired) electrons. The predicted molar refractivity (Wildman–Crippen MR) is 98.9 cm³/mol. The standard InChI is InChI=1S/C19H26N4O3/c1-13-20-15-11-14(5-6-16(15)26-13)12-17(24)22-7-9-23(10-8-22)18(25)21-19(2,3)4/h5-6,11H,7-10,12H2,1-4H3,(H,21,25). The van der Waals surface area contributed by atoms with Crippen LogP contribution in [-0.4, -0.2) is 58.4 Å². The number of amides is 3. The number of carbonyl (C=O) groups excluding carboxylic acids is 2. The molecule has 7 nitrogen and oxygen atoms in total. The number of nitrogens with one attached hydrogen (secondary N) is 1. The molecule has 1 aromatic carbocycles. The minimum Gasteiger partial charge on any atom is -0.441 e.